The number of nitrogens with one attached hydrogen (secondary N) is 2. The molecule has 0 saturated heterocycles. The number of ether oxygens (including phenoxy) is 1. The summed E-state index contributed by atoms with van der Waals surface area (Å²) in [5.74, 6) is 1.06. The van der Waals surface area contributed by atoms with Gasteiger partial charge in [0.05, 0.1) is 24.5 Å². The van der Waals surface area contributed by atoms with E-state index in [2.05, 4.69) is 28.5 Å². The molecule has 0 saturated carbocycles. The van der Waals surface area contributed by atoms with Crippen LogP contribution in [0.15, 0.2) is 95.5 Å². The Morgan fingerprint density at radius 3 is 2.68 bits per heavy atom. The molecule has 34 heavy (non-hydrogen) atoms. The minimum absolute atomic E-state index is 0.396. The van der Waals surface area contributed by atoms with Crippen LogP contribution < -0.4 is 15.5 Å². The van der Waals surface area contributed by atoms with Crippen molar-refractivity contribution in [3.05, 3.63) is 102 Å². The Bertz CT molecular complexity index is 1310. The lowest BCUT2D eigenvalue weighted by molar-refractivity contribution is 0.0706. The molecule has 4 aromatic rings. The molecule has 0 atom stereocenters. The second-order valence-corrected chi connectivity index (χ2v) is 8.65. The third-order valence-corrected chi connectivity index (χ3v) is 6.32. The number of thioether (sulfide) groups is 1. The quantitative estimate of drug-likeness (QED) is 0.166. The summed E-state index contributed by atoms with van der Waals surface area (Å²) < 4.78 is 5.34. The number of pyridine rings is 1. The summed E-state index contributed by atoms with van der Waals surface area (Å²) in [4.78, 5) is 17.3. The van der Waals surface area contributed by atoms with E-state index >= 15 is 0 Å². The first-order valence-electron chi connectivity index (χ1n) is 10.7. The first-order valence-corrected chi connectivity index (χ1v) is 11.7. The molecule has 7 heteroatoms. The monoisotopic (exact) mass is 471 g/mol. The van der Waals surface area contributed by atoms with Gasteiger partial charge >= 0.3 is 0 Å². The lowest BCUT2D eigenvalue weighted by atomic mass is 10.1. The molecule has 172 valence electrons. The number of para-hydroxylation sites is 1. The molecule has 1 aromatic heterocycles. The van der Waals surface area contributed by atoms with E-state index < -0.39 is 5.91 Å². The first-order chi connectivity index (χ1) is 16.6. The Morgan fingerprint density at radius 1 is 1.06 bits per heavy atom. The smallest absolute Gasteiger partial charge is 0.274 e. The van der Waals surface area contributed by atoms with E-state index in [1.165, 1.54) is 5.57 Å². The van der Waals surface area contributed by atoms with Gasteiger partial charge in [-0.3, -0.25) is 15.0 Å². The molecule has 0 aliphatic carbocycles. The van der Waals surface area contributed by atoms with E-state index in [0.717, 1.165) is 38.6 Å². The average molecular weight is 472 g/mol. The van der Waals surface area contributed by atoms with Gasteiger partial charge in [0.15, 0.2) is 0 Å². The number of hydrogen-bond donors (Lipinski definition) is 3. The number of nitrogens with zero attached hydrogens (tertiary/aromatic N) is 1. The lowest BCUT2D eigenvalue weighted by Crippen LogP contribution is -2.18. The summed E-state index contributed by atoms with van der Waals surface area (Å²) in [6.45, 7) is 0.635. The first kappa shape index (κ1) is 23.4. The summed E-state index contributed by atoms with van der Waals surface area (Å²) in [7, 11) is 1.66. The number of hydrogen-bond acceptors (Lipinski definition) is 6. The number of fused-ring (bicyclic) bond motifs is 1. The molecule has 0 unspecified atom stereocenters. The van der Waals surface area contributed by atoms with Gasteiger partial charge in [0.2, 0.25) is 0 Å². The van der Waals surface area contributed by atoms with Crippen LogP contribution in [0.25, 0.3) is 17.0 Å². The van der Waals surface area contributed by atoms with E-state index in [9.17, 15) is 4.79 Å². The number of rotatable bonds is 9. The van der Waals surface area contributed by atoms with Crippen molar-refractivity contribution >= 4 is 40.3 Å². The lowest BCUT2D eigenvalue weighted by Gasteiger charge is -2.12. The zero-order valence-corrected chi connectivity index (χ0v) is 19.5. The SMILES string of the molecule is COc1cccc(SCC(=Cc2ccc(C(=O)NO)cc2)CNc2cnc3ccccc3c2)c1. The maximum atomic E-state index is 11.6. The van der Waals surface area contributed by atoms with Crippen LogP contribution in [0.2, 0.25) is 0 Å². The number of benzene rings is 3. The van der Waals surface area contributed by atoms with Gasteiger partial charge in [-0.15, -0.1) is 11.8 Å². The standard InChI is InChI=1S/C27H25N3O3S/c1-33-24-6-4-7-25(15-24)34-18-20(13-19-9-11-21(12-10-19)27(31)30-32)16-28-23-14-22-5-2-3-8-26(22)29-17-23/h2-15,17,28,32H,16,18H2,1H3,(H,30,31). The second-order valence-electron chi connectivity index (χ2n) is 7.60. The number of amides is 1. The Balaban J connectivity index is 1.52. The number of aromatic nitrogens is 1. The molecule has 1 heterocycles. The maximum Gasteiger partial charge on any atom is 0.274 e. The van der Waals surface area contributed by atoms with Gasteiger partial charge in [-0.2, -0.15) is 0 Å². The molecule has 3 N–H and O–H groups in total. The Kier molecular flexibility index (Phi) is 7.80. The predicted octanol–water partition coefficient (Wildman–Crippen LogP) is 5.65. The van der Waals surface area contributed by atoms with Crippen molar-refractivity contribution in [2.24, 2.45) is 0 Å². The van der Waals surface area contributed by atoms with E-state index in [-0.39, 0.29) is 0 Å². The van der Waals surface area contributed by atoms with Crippen molar-refractivity contribution in [2.75, 3.05) is 24.7 Å². The van der Waals surface area contributed by atoms with Gasteiger partial charge < -0.3 is 10.1 Å². The zero-order valence-electron chi connectivity index (χ0n) is 18.7. The van der Waals surface area contributed by atoms with Gasteiger partial charge in [0.1, 0.15) is 5.75 Å². The molecule has 0 spiro atoms. The van der Waals surface area contributed by atoms with Gasteiger partial charge in [-0.25, -0.2) is 5.48 Å². The molecule has 1 amide bonds. The average Bonchev–Trinajstić information content (AvgIpc) is 2.90. The summed E-state index contributed by atoms with van der Waals surface area (Å²) in [5, 5.41) is 13.4. The maximum absolute atomic E-state index is 11.6. The number of carbonyl (C=O) groups excluding carboxylic acids is 1. The summed E-state index contributed by atoms with van der Waals surface area (Å²) in [5.41, 5.74) is 6.10. The van der Waals surface area contributed by atoms with Crippen LogP contribution in [0.5, 0.6) is 5.75 Å². The molecule has 6 nitrogen and oxygen atoms in total. The molecule has 0 fully saturated rings. The van der Waals surface area contributed by atoms with Crippen LogP contribution in [0.3, 0.4) is 0 Å². The number of carbonyl (C=O) groups is 1. The Labute approximate surface area is 202 Å². The minimum Gasteiger partial charge on any atom is -0.497 e. The number of hydroxylamine groups is 1. The third-order valence-electron chi connectivity index (χ3n) is 5.22. The molecule has 0 aliphatic heterocycles. The fourth-order valence-corrected chi connectivity index (χ4v) is 4.34. The fourth-order valence-electron chi connectivity index (χ4n) is 3.43. The summed E-state index contributed by atoms with van der Waals surface area (Å²) in [6, 6.07) is 25.2. The highest BCUT2D eigenvalue weighted by Gasteiger charge is 2.06. The largest absolute Gasteiger partial charge is 0.497 e. The van der Waals surface area contributed by atoms with E-state index in [0.29, 0.717) is 12.1 Å². The predicted molar refractivity (Wildman–Crippen MR) is 138 cm³/mol. The summed E-state index contributed by atoms with van der Waals surface area (Å²) in [6.07, 6.45) is 3.95. The van der Waals surface area contributed by atoms with Crippen molar-refractivity contribution in [3.8, 4) is 5.75 Å². The van der Waals surface area contributed by atoms with Crippen LogP contribution in [0.4, 0.5) is 5.69 Å². The molecule has 4 rings (SSSR count). The van der Waals surface area contributed by atoms with Crippen molar-refractivity contribution in [3.63, 3.8) is 0 Å². The minimum atomic E-state index is -0.533. The normalized spacial score (nSPS) is 11.3. The molecular weight excluding hydrogens is 446 g/mol. The van der Waals surface area contributed by atoms with E-state index in [4.69, 9.17) is 9.94 Å². The van der Waals surface area contributed by atoms with Gasteiger partial charge in [0, 0.05) is 28.1 Å². The van der Waals surface area contributed by atoms with Gasteiger partial charge in [-0.05, 0) is 53.6 Å². The highest BCUT2D eigenvalue weighted by molar-refractivity contribution is 7.99. The molecular formula is C27H25N3O3S. The summed E-state index contributed by atoms with van der Waals surface area (Å²) >= 11 is 1.73. The zero-order chi connectivity index (χ0) is 23.8. The van der Waals surface area contributed by atoms with Crippen LogP contribution >= 0.6 is 11.8 Å². The number of anilines is 1. The molecule has 0 aliphatic rings. The highest BCUT2D eigenvalue weighted by atomic mass is 32.2. The van der Waals surface area contributed by atoms with E-state index in [1.807, 2.05) is 60.8 Å². The van der Waals surface area contributed by atoms with Crippen LogP contribution in [0.1, 0.15) is 15.9 Å². The van der Waals surface area contributed by atoms with E-state index in [1.54, 1.807) is 36.5 Å². The topological polar surface area (TPSA) is 83.5 Å². The van der Waals surface area contributed by atoms with Crippen LogP contribution in [0, 0.1) is 0 Å². The Morgan fingerprint density at radius 2 is 1.88 bits per heavy atom. The van der Waals surface area contributed by atoms with Gasteiger partial charge in [-0.1, -0.05) is 42.5 Å². The highest BCUT2D eigenvalue weighted by Crippen LogP contribution is 2.26. The van der Waals surface area contributed by atoms with Crippen molar-refractivity contribution in [1.82, 2.24) is 10.5 Å². The van der Waals surface area contributed by atoms with Crippen LogP contribution in [-0.2, 0) is 0 Å². The molecule has 0 bridgehead atoms. The van der Waals surface area contributed by atoms with Gasteiger partial charge in [0.25, 0.3) is 5.91 Å². The van der Waals surface area contributed by atoms with Crippen LogP contribution in [-0.4, -0.2) is 35.5 Å². The van der Waals surface area contributed by atoms with Crippen molar-refractivity contribution in [2.45, 2.75) is 4.90 Å². The fraction of sp³-hybridized carbons (Fsp3) is 0.111. The third kappa shape index (κ3) is 6.15. The van der Waals surface area contributed by atoms with Crippen molar-refractivity contribution < 1.29 is 14.7 Å². The second kappa shape index (κ2) is 11.4. The number of methoxy groups -OCH3 is 1. The molecule has 0 radical (unpaired) electrons. The van der Waals surface area contributed by atoms with Crippen molar-refractivity contribution in [1.29, 1.82) is 0 Å². The Hall–Kier alpha value is -3.81. The molecule has 3 aromatic carbocycles.